The maximum Gasteiger partial charge on any atom is 0.412 e. The molecule has 1 aliphatic carbocycles. The number of benzene rings is 2. The molecule has 0 radical (unpaired) electrons. The van der Waals surface area contributed by atoms with E-state index >= 15 is 0 Å². The Bertz CT molecular complexity index is 1170. The number of hydrogen-bond donors (Lipinski definition) is 1. The zero-order valence-electron chi connectivity index (χ0n) is 17.5. The van der Waals surface area contributed by atoms with Gasteiger partial charge in [0.25, 0.3) is 0 Å². The number of halogens is 2. The fourth-order valence-electron chi connectivity index (χ4n) is 3.97. The summed E-state index contributed by atoms with van der Waals surface area (Å²) >= 11 is 6.30. The molecule has 160 valence electrons. The zero-order chi connectivity index (χ0) is 22.1. The van der Waals surface area contributed by atoms with Crippen LogP contribution in [-0.4, -0.2) is 22.0 Å². The standard InChI is InChI=1S/C24H23ClFN3O2/c1-14-7-9-20(13-22(14)25)29-16(3)23(15(2)28-29)17-8-10-21(11-17)31-24(30)27-19-6-4-5-18(26)12-19/h4-10,12-13,17,21H,11H2,1-3H3,(H,27,30)/t17-,21-/m1/s1. The summed E-state index contributed by atoms with van der Waals surface area (Å²) in [5.41, 5.74) is 5.34. The molecule has 1 N–H and O–H groups in total. The van der Waals surface area contributed by atoms with E-state index in [1.165, 1.54) is 18.2 Å². The molecule has 1 aliphatic rings. The highest BCUT2D eigenvalue weighted by Crippen LogP contribution is 2.35. The van der Waals surface area contributed by atoms with E-state index in [1.807, 2.05) is 55.8 Å². The van der Waals surface area contributed by atoms with Crippen LogP contribution in [0.5, 0.6) is 0 Å². The zero-order valence-corrected chi connectivity index (χ0v) is 18.3. The molecule has 4 rings (SSSR count). The highest BCUT2D eigenvalue weighted by Gasteiger charge is 2.28. The van der Waals surface area contributed by atoms with E-state index in [0.29, 0.717) is 17.1 Å². The molecule has 0 saturated heterocycles. The lowest BCUT2D eigenvalue weighted by Gasteiger charge is -2.15. The number of carbonyl (C=O) groups excluding carboxylic acids is 1. The number of hydrogen-bond acceptors (Lipinski definition) is 3. The molecule has 0 aliphatic heterocycles. The van der Waals surface area contributed by atoms with Crippen molar-refractivity contribution in [1.29, 1.82) is 0 Å². The van der Waals surface area contributed by atoms with Gasteiger partial charge in [0.15, 0.2) is 0 Å². The second-order valence-corrected chi connectivity index (χ2v) is 8.14. The van der Waals surface area contributed by atoms with Gasteiger partial charge in [-0.15, -0.1) is 0 Å². The Hall–Kier alpha value is -3.12. The lowest BCUT2D eigenvalue weighted by atomic mass is 9.96. The summed E-state index contributed by atoms with van der Waals surface area (Å²) in [5, 5.41) is 7.97. The topological polar surface area (TPSA) is 56.2 Å². The van der Waals surface area contributed by atoms with E-state index in [-0.39, 0.29) is 12.0 Å². The van der Waals surface area contributed by atoms with Gasteiger partial charge in [-0.25, -0.2) is 13.9 Å². The molecule has 2 aromatic carbocycles. The van der Waals surface area contributed by atoms with Crippen LogP contribution in [0.4, 0.5) is 14.9 Å². The average Bonchev–Trinajstić information content (AvgIpc) is 3.27. The summed E-state index contributed by atoms with van der Waals surface area (Å²) < 4.78 is 20.7. The monoisotopic (exact) mass is 439 g/mol. The summed E-state index contributed by atoms with van der Waals surface area (Å²) in [7, 11) is 0. The van der Waals surface area contributed by atoms with Crippen molar-refractivity contribution in [1.82, 2.24) is 9.78 Å². The molecule has 1 amide bonds. The van der Waals surface area contributed by atoms with Crippen LogP contribution in [0.15, 0.2) is 54.6 Å². The van der Waals surface area contributed by atoms with Gasteiger partial charge >= 0.3 is 6.09 Å². The van der Waals surface area contributed by atoms with Gasteiger partial charge in [-0.3, -0.25) is 5.32 Å². The van der Waals surface area contributed by atoms with Crippen LogP contribution in [0.2, 0.25) is 5.02 Å². The number of aromatic nitrogens is 2. The lowest BCUT2D eigenvalue weighted by Crippen LogP contribution is -2.20. The van der Waals surface area contributed by atoms with Crippen molar-refractivity contribution in [3.63, 3.8) is 0 Å². The molecule has 0 saturated carbocycles. The molecule has 31 heavy (non-hydrogen) atoms. The smallest absolute Gasteiger partial charge is 0.412 e. The van der Waals surface area contributed by atoms with Crippen LogP contribution < -0.4 is 5.32 Å². The fourth-order valence-corrected chi connectivity index (χ4v) is 4.15. The molecule has 0 bridgehead atoms. The maximum atomic E-state index is 13.3. The van der Waals surface area contributed by atoms with Gasteiger partial charge in [-0.1, -0.05) is 29.8 Å². The molecule has 2 atom stereocenters. The van der Waals surface area contributed by atoms with Crippen LogP contribution in [0, 0.1) is 26.6 Å². The van der Waals surface area contributed by atoms with Gasteiger partial charge in [0.1, 0.15) is 11.9 Å². The number of aryl methyl sites for hydroxylation is 2. The van der Waals surface area contributed by atoms with E-state index in [4.69, 9.17) is 21.4 Å². The quantitative estimate of drug-likeness (QED) is 0.489. The molecule has 0 unspecified atom stereocenters. The first-order chi connectivity index (χ1) is 14.8. The molecule has 0 fully saturated rings. The fraction of sp³-hybridized carbons (Fsp3) is 0.250. The number of rotatable bonds is 4. The summed E-state index contributed by atoms with van der Waals surface area (Å²) in [6.45, 7) is 5.97. The van der Waals surface area contributed by atoms with E-state index in [2.05, 4.69) is 5.32 Å². The number of nitrogens with one attached hydrogen (secondary N) is 1. The number of nitrogens with zero attached hydrogens (tertiary/aromatic N) is 2. The molecule has 7 heteroatoms. The lowest BCUT2D eigenvalue weighted by molar-refractivity contribution is 0.132. The Morgan fingerprint density at radius 3 is 2.74 bits per heavy atom. The Kier molecular flexibility index (Phi) is 5.83. The number of amides is 1. The van der Waals surface area contributed by atoms with Gasteiger partial charge in [0.05, 0.1) is 11.4 Å². The van der Waals surface area contributed by atoms with Gasteiger partial charge in [0, 0.05) is 27.9 Å². The van der Waals surface area contributed by atoms with Crippen molar-refractivity contribution in [2.45, 2.75) is 39.2 Å². The Morgan fingerprint density at radius 2 is 2.00 bits per heavy atom. The van der Waals surface area contributed by atoms with E-state index in [1.54, 1.807) is 6.07 Å². The summed E-state index contributed by atoms with van der Waals surface area (Å²) in [6.07, 6.45) is 3.57. The van der Waals surface area contributed by atoms with E-state index < -0.39 is 11.9 Å². The minimum Gasteiger partial charge on any atom is -0.442 e. The Balaban J connectivity index is 1.46. The summed E-state index contributed by atoms with van der Waals surface area (Å²) in [4.78, 5) is 12.2. The van der Waals surface area contributed by atoms with Crippen molar-refractivity contribution in [3.05, 3.63) is 88.0 Å². The van der Waals surface area contributed by atoms with Crippen molar-refractivity contribution >= 4 is 23.4 Å². The molecule has 5 nitrogen and oxygen atoms in total. The SMILES string of the molecule is Cc1ccc(-n2nc(C)c([C@@H]3C=C[C@@H](OC(=O)Nc4cccc(F)c4)C3)c2C)cc1Cl. The maximum absolute atomic E-state index is 13.3. The number of carbonyl (C=O) groups is 1. The Labute approximate surface area is 185 Å². The molecular formula is C24H23ClFN3O2. The average molecular weight is 440 g/mol. The second kappa shape index (κ2) is 8.55. The third kappa shape index (κ3) is 4.49. The molecule has 1 heterocycles. The van der Waals surface area contributed by atoms with Crippen molar-refractivity contribution in [3.8, 4) is 5.69 Å². The molecule has 0 spiro atoms. The molecule has 3 aromatic rings. The normalized spacial score (nSPS) is 17.7. The van der Waals surface area contributed by atoms with Crippen LogP contribution in [0.3, 0.4) is 0 Å². The van der Waals surface area contributed by atoms with Gasteiger partial charge in [-0.2, -0.15) is 5.10 Å². The first kappa shape index (κ1) is 21.1. The largest absolute Gasteiger partial charge is 0.442 e. The highest BCUT2D eigenvalue weighted by molar-refractivity contribution is 6.31. The first-order valence-corrected chi connectivity index (χ1v) is 10.4. The third-order valence-electron chi connectivity index (χ3n) is 5.49. The van der Waals surface area contributed by atoms with Crippen molar-refractivity contribution < 1.29 is 13.9 Å². The third-order valence-corrected chi connectivity index (χ3v) is 5.90. The van der Waals surface area contributed by atoms with Crippen LogP contribution in [0.1, 0.15) is 34.9 Å². The van der Waals surface area contributed by atoms with Gasteiger partial charge in [0.2, 0.25) is 0 Å². The van der Waals surface area contributed by atoms with Gasteiger partial charge < -0.3 is 4.74 Å². The number of ether oxygens (including phenoxy) is 1. The van der Waals surface area contributed by atoms with E-state index in [0.717, 1.165) is 28.2 Å². The summed E-state index contributed by atoms with van der Waals surface area (Å²) in [5.74, 6) is -0.335. The minimum atomic E-state index is -0.612. The second-order valence-electron chi connectivity index (χ2n) is 7.74. The van der Waals surface area contributed by atoms with Gasteiger partial charge in [-0.05, 0) is 69.2 Å². The number of anilines is 1. The number of allylic oxidation sites excluding steroid dienone is 1. The molecular weight excluding hydrogens is 417 g/mol. The summed E-state index contributed by atoms with van der Waals surface area (Å²) in [6, 6.07) is 11.6. The van der Waals surface area contributed by atoms with Crippen molar-refractivity contribution in [2.75, 3.05) is 5.32 Å². The van der Waals surface area contributed by atoms with Crippen molar-refractivity contribution in [2.24, 2.45) is 0 Å². The molecule has 1 aromatic heterocycles. The highest BCUT2D eigenvalue weighted by atomic mass is 35.5. The first-order valence-electron chi connectivity index (χ1n) is 10.1. The minimum absolute atomic E-state index is 0.0849. The van der Waals surface area contributed by atoms with Crippen LogP contribution in [0.25, 0.3) is 5.69 Å². The van der Waals surface area contributed by atoms with E-state index in [9.17, 15) is 9.18 Å². The predicted molar refractivity (Wildman–Crippen MR) is 120 cm³/mol. The van der Waals surface area contributed by atoms with Crippen LogP contribution in [-0.2, 0) is 4.74 Å². The predicted octanol–water partition coefficient (Wildman–Crippen LogP) is 6.25. The van der Waals surface area contributed by atoms with Crippen LogP contribution >= 0.6 is 11.6 Å². The Morgan fingerprint density at radius 1 is 1.19 bits per heavy atom.